The number of thioether (sulfide) groups is 1. The molecule has 0 aromatic heterocycles. The number of benzene rings is 1. The number of carbonyl (C=O) groups is 1. The van der Waals surface area contributed by atoms with Crippen LogP contribution in [0.4, 0.5) is 0 Å². The molecule has 1 N–H and O–H groups in total. The van der Waals surface area contributed by atoms with Crippen LogP contribution < -0.4 is 0 Å². The quantitative estimate of drug-likeness (QED) is 0.809. The molecule has 0 saturated carbocycles. The van der Waals surface area contributed by atoms with Crippen LogP contribution in [-0.2, 0) is 11.2 Å². The van der Waals surface area contributed by atoms with E-state index < -0.39 is 0 Å². The minimum Gasteiger partial charge on any atom is -0.394 e. The van der Waals surface area contributed by atoms with E-state index >= 15 is 0 Å². The van der Waals surface area contributed by atoms with E-state index in [-0.39, 0.29) is 18.6 Å². The maximum atomic E-state index is 12.0. The van der Waals surface area contributed by atoms with E-state index in [4.69, 9.17) is 0 Å². The van der Waals surface area contributed by atoms with Crippen molar-refractivity contribution in [2.45, 2.75) is 25.3 Å². The van der Waals surface area contributed by atoms with Gasteiger partial charge in [-0.05, 0) is 30.6 Å². The fraction of sp³-hybridized carbons (Fsp3) is 0.533. The molecular formula is C15H21NO2S. The van der Waals surface area contributed by atoms with Gasteiger partial charge in [0.15, 0.2) is 0 Å². The van der Waals surface area contributed by atoms with Gasteiger partial charge in [0.25, 0.3) is 0 Å². The van der Waals surface area contributed by atoms with Gasteiger partial charge in [0.2, 0.25) is 5.91 Å². The highest BCUT2D eigenvalue weighted by molar-refractivity contribution is 7.99. The van der Waals surface area contributed by atoms with Crippen LogP contribution in [0.2, 0.25) is 0 Å². The lowest BCUT2D eigenvalue weighted by molar-refractivity contribution is -0.129. The van der Waals surface area contributed by atoms with Crippen molar-refractivity contribution >= 4 is 17.7 Å². The summed E-state index contributed by atoms with van der Waals surface area (Å²) in [6.07, 6.45) is 2.96. The minimum absolute atomic E-state index is 0.0576. The second-order valence-corrected chi connectivity index (χ2v) is 5.96. The number of aliphatic hydroxyl groups excluding tert-OH is 1. The summed E-state index contributed by atoms with van der Waals surface area (Å²) in [5.41, 5.74) is 1.32. The van der Waals surface area contributed by atoms with Crippen molar-refractivity contribution in [2.75, 3.05) is 24.7 Å². The van der Waals surface area contributed by atoms with Crippen molar-refractivity contribution in [1.29, 1.82) is 0 Å². The predicted octanol–water partition coefficient (Wildman–Crippen LogP) is 1.95. The molecule has 1 aliphatic rings. The van der Waals surface area contributed by atoms with Gasteiger partial charge in [0, 0.05) is 6.54 Å². The first-order chi connectivity index (χ1) is 9.31. The van der Waals surface area contributed by atoms with Crippen LogP contribution in [-0.4, -0.2) is 46.6 Å². The van der Waals surface area contributed by atoms with E-state index in [1.165, 1.54) is 5.56 Å². The molecule has 1 heterocycles. The van der Waals surface area contributed by atoms with E-state index in [1.54, 1.807) is 11.8 Å². The zero-order valence-corrected chi connectivity index (χ0v) is 11.9. The van der Waals surface area contributed by atoms with Gasteiger partial charge in [-0.25, -0.2) is 0 Å². The fourth-order valence-corrected chi connectivity index (χ4v) is 3.30. The Balaban J connectivity index is 1.67. The molecule has 1 fully saturated rings. The van der Waals surface area contributed by atoms with Gasteiger partial charge in [-0.2, -0.15) is 11.8 Å². The van der Waals surface area contributed by atoms with Gasteiger partial charge in [-0.1, -0.05) is 30.3 Å². The molecule has 0 bridgehead atoms. The van der Waals surface area contributed by atoms with Crippen LogP contribution >= 0.6 is 11.8 Å². The zero-order chi connectivity index (χ0) is 13.5. The van der Waals surface area contributed by atoms with Crippen LogP contribution in [0.5, 0.6) is 0 Å². The number of aliphatic hydroxyl groups is 1. The number of nitrogens with zero attached hydrogens (tertiary/aromatic N) is 1. The molecule has 0 unspecified atom stereocenters. The zero-order valence-electron chi connectivity index (χ0n) is 11.1. The standard InChI is InChI=1S/C15H21NO2S/c17-11-14-7-4-9-16(14)15(18)12-19-10-8-13-5-2-1-3-6-13/h1-3,5-6,14,17H,4,7-12H2/t14-/m1/s1. The Morgan fingerprint density at radius 1 is 1.37 bits per heavy atom. The molecule has 1 atom stereocenters. The van der Waals surface area contributed by atoms with Gasteiger partial charge in [-0.15, -0.1) is 0 Å². The van der Waals surface area contributed by atoms with Crippen LogP contribution in [0.3, 0.4) is 0 Å². The maximum absolute atomic E-state index is 12.0. The monoisotopic (exact) mass is 279 g/mol. The van der Waals surface area contributed by atoms with Crippen molar-refractivity contribution in [1.82, 2.24) is 4.90 Å². The highest BCUT2D eigenvalue weighted by atomic mass is 32.2. The molecule has 0 radical (unpaired) electrons. The summed E-state index contributed by atoms with van der Waals surface area (Å²) in [5, 5.41) is 9.20. The summed E-state index contributed by atoms with van der Waals surface area (Å²) in [6.45, 7) is 0.906. The first kappa shape index (κ1) is 14.4. The summed E-state index contributed by atoms with van der Waals surface area (Å²) in [6, 6.07) is 10.4. The largest absolute Gasteiger partial charge is 0.394 e. The van der Waals surface area contributed by atoms with Gasteiger partial charge in [0.1, 0.15) is 0 Å². The topological polar surface area (TPSA) is 40.5 Å². The van der Waals surface area contributed by atoms with E-state index in [1.807, 2.05) is 23.1 Å². The summed E-state index contributed by atoms with van der Waals surface area (Å²) in [5.74, 6) is 1.67. The second-order valence-electron chi connectivity index (χ2n) is 4.85. The molecule has 1 amide bonds. The SMILES string of the molecule is O=C(CSCCc1ccccc1)N1CCC[C@@H]1CO. The molecule has 2 rings (SSSR count). The smallest absolute Gasteiger partial charge is 0.232 e. The first-order valence-corrected chi connectivity index (χ1v) is 7.98. The number of amides is 1. The van der Waals surface area contributed by atoms with Crippen molar-refractivity contribution in [3.8, 4) is 0 Å². The van der Waals surface area contributed by atoms with E-state index in [2.05, 4.69) is 12.1 Å². The summed E-state index contributed by atoms with van der Waals surface area (Å²) < 4.78 is 0. The van der Waals surface area contributed by atoms with Crippen LogP contribution in [0.15, 0.2) is 30.3 Å². The lowest BCUT2D eigenvalue weighted by Crippen LogP contribution is -2.38. The average molecular weight is 279 g/mol. The molecule has 4 heteroatoms. The third-order valence-corrected chi connectivity index (χ3v) is 4.46. The normalized spacial score (nSPS) is 18.8. The lowest BCUT2D eigenvalue weighted by atomic mass is 10.2. The minimum atomic E-state index is 0.0576. The van der Waals surface area contributed by atoms with E-state index in [0.717, 1.165) is 31.6 Å². The predicted molar refractivity (Wildman–Crippen MR) is 79.3 cm³/mol. The first-order valence-electron chi connectivity index (χ1n) is 6.83. The molecule has 1 aromatic rings. The molecule has 1 aromatic carbocycles. The molecule has 3 nitrogen and oxygen atoms in total. The number of likely N-dealkylation sites (tertiary alicyclic amines) is 1. The van der Waals surface area contributed by atoms with Crippen molar-refractivity contribution in [3.05, 3.63) is 35.9 Å². The van der Waals surface area contributed by atoms with Crippen LogP contribution in [0.1, 0.15) is 18.4 Å². The summed E-state index contributed by atoms with van der Waals surface area (Å²) in [4.78, 5) is 13.9. The Hall–Kier alpha value is -1.00. The summed E-state index contributed by atoms with van der Waals surface area (Å²) in [7, 11) is 0. The molecular weight excluding hydrogens is 258 g/mol. The van der Waals surface area contributed by atoms with Crippen molar-refractivity contribution < 1.29 is 9.90 Å². The molecule has 19 heavy (non-hydrogen) atoms. The van der Waals surface area contributed by atoms with Crippen LogP contribution in [0.25, 0.3) is 0 Å². The third-order valence-electron chi connectivity index (χ3n) is 3.51. The van der Waals surface area contributed by atoms with Gasteiger partial charge in [-0.3, -0.25) is 4.79 Å². The van der Waals surface area contributed by atoms with Crippen LogP contribution in [0, 0.1) is 0 Å². The Labute approximate surface area is 119 Å². The molecule has 1 aliphatic heterocycles. The number of aryl methyl sites for hydroxylation is 1. The van der Waals surface area contributed by atoms with E-state index in [0.29, 0.717) is 5.75 Å². The highest BCUT2D eigenvalue weighted by Gasteiger charge is 2.27. The highest BCUT2D eigenvalue weighted by Crippen LogP contribution is 2.18. The van der Waals surface area contributed by atoms with Crippen molar-refractivity contribution in [3.63, 3.8) is 0 Å². The number of rotatable bonds is 6. The van der Waals surface area contributed by atoms with Gasteiger partial charge >= 0.3 is 0 Å². The Kier molecular flexibility index (Phi) is 5.73. The number of hydrogen-bond acceptors (Lipinski definition) is 3. The molecule has 0 spiro atoms. The second kappa shape index (κ2) is 7.56. The Morgan fingerprint density at radius 2 is 2.16 bits per heavy atom. The molecule has 1 saturated heterocycles. The maximum Gasteiger partial charge on any atom is 0.232 e. The van der Waals surface area contributed by atoms with Gasteiger partial charge in [0.05, 0.1) is 18.4 Å². The third kappa shape index (κ3) is 4.25. The molecule has 0 aliphatic carbocycles. The number of carbonyl (C=O) groups excluding carboxylic acids is 1. The Bertz CT molecular complexity index is 396. The summed E-state index contributed by atoms with van der Waals surface area (Å²) >= 11 is 1.68. The van der Waals surface area contributed by atoms with Gasteiger partial charge < -0.3 is 10.0 Å². The molecule has 104 valence electrons. The van der Waals surface area contributed by atoms with Crippen molar-refractivity contribution in [2.24, 2.45) is 0 Å². The lowest BCUT2D eigenvalue weighted by Gasteiger charge is -2.22. The van der Waals surface area contributed by atoms with E-state index in [9.17, 15) is 9.90 Å². The Morgan fingerprint density at radius 3 is 2.89 bits per heavy atom. The fourth-order valence-electron chi connectivity index (χ4n) is 2.43. The average Bonchev–Trinajstić information content (AvgIpc) is 2.93. The number of hydrogen-bond donors (Lipinski definition) is 1.